The Morgan fingerprint density at radius 1 is 1.21 bits per heavy atom. The summed E-state index contributed by atoms with van der Waals surface area (Å²) < 4.78 is 35.6. The molecule has 2 aliphatic rings. The van der Waals surface area contributed by atoms with Gasteiger partial charge in [-0.3, -0.25) is 4.52 Å². The van der Waals surface area contributed by atoms with Gasteiger partial charge in [-0.2, -0.15) is 0 Å². The predicted molar refractivity (Wildman–Crippen MR) is 111 cm³/mol. The lowest BCUT2D eigenvalue weighted by Gasteiger charge is -2.31. The summed E-state index contributed by atoms with van der Waals surface area (Å²) in [6.07, 6.45) is 0.809. The molecule has 2 rings (SSSR count). The van der Waals surface area contributed by atoms with Crippen LogP contribution >= 0.6 is 18.2 Å². The van der Waals surface area contributed by atoms with Crippen molar-refractivity contribution in [2.24, 2.45) is 5.92 Å². The highest BCUT2D eigenvalue weighted by Crippen LogP contribution is 2.59. The van der Waals surface area contributed by atoms with E-state index in [2.05, 4.69) is 0 Å². The highest BCUT2D eigenvalue weighted by atomic mass is 32.7. The van der Waals surface area contributed by atoms with E-state index >= 15 is 0 Å². The Morgan fingerprint density at radius 3 is 2.50 bits per heavy atom. The summed E-state index contributed by atoms with van der Waals surface area (Å²) in [5, 5.41) is 11.0. The molecule has 1 saturated heterocycles. The normalized spacial score (nSPS) is 38.4. The van der Waals surface area contributed by atoms with Gasteiger partial charge in [0.05, 0.1) is 43.2 Å². The molecule has 7 nitrogen and oxygen atoms in total. The largest absolute Gasteiger partial charge is 0.387 e. The Bertz CT molecular complexity index is 546. The van der Waals surface area contributed by atoms with E-state index in [1.807, 2.05) is 41.5 Å². The monoisotopic (exact) mass is 440 g/mol. The van der Waals surface area contributed by atoms with Gasteiger partial charge in [0.1, 0.15) is 5.60 Å². The topological polar surface area (TPSA) is 94.5 Å². The van der Waals surface area contributed by atoms with Crippen LogP contribution in [-0.2, 0) is 23.3 Å². The number of hydrogen-bond acceptors (Lipinski definition) is 7. The minimum Gasteiger partial charge on any atom is -0.385 e. The fourth-order valence-corrected chi connectivity index (χ4v) is 6.72. The first-order valence-corrected chi connectivity index (χ1v) is 13.4. The van der Waals surface area contributed by atoms with Gasteiger partial charge in [0.15, 0.2) is 0 Å². The average Bonchev–Trinajstić information content (AvgIpc) is 3.02. The second kappa shape index (κ2) is 10.1. The molecule has 0 aromatic rings. The molecule has 0 aromatic heterocycles. The molecule has 9 heteroatoms. The number of hydrogen-bond donors (Lipinski definition) is 2. The van der Waals surface area contributed by atoms with Crippen LogP contribution in [0.25, 0.3) is 0 Å². The third-order valence-electron chi connectivity index (χ3n) is 5.08. The third-order valence-corrected chi connectivity index (χ3v) is 8.09. The highest BCUT2D eigenvalue weighted by Gasteiger charge is 2.49. The van der Waals surface area contributed by atoms with E-state index in [-0.39, 0.29) is 43.0 Å². The van der Waals surface area contributed by atoms with Crippen molar-refractivity contribution >= 4 is 18.2 Å². The lowest BCUT2D eigenvalue weighted by atomic mass is 10.0. The Balaban J connectivity index is 1.93. The van der Waals surface area contributed by atoms with Gasteiger partial charge in [-0.25, -0.2) is 4.57 Å². The van der Waals surface area contributed by atoms with E-state index in [1.165, 1.54) is 0 Å². The molecular weight excluding hydrogens is 403 g/mol. The van der Waals surface area contributed by atoms with Gasteiger partial charge in [-0.05, 0) is 64.8 Å². The van der Waals surface area contributed by atoms with Crippen molar-refractivity contribution in [2.45, 2.75) is 103 Å². The maximum absolute atomic E-state index is 12.7. The van der Waals surface area contributed by atoms with E-state index in [1.54, 1.807) is 0 Å². The molecule has 2 fully saturated rings. The molecule has 0 spiro atoms. The van der Waals surface area contributed by atoms with Crippen molar-refractivity contribution in [3.8, 4) is 0 Å². The minimum absolute atomic E-state index is 0.0321. The summed E-state index contributed by atoms with van der Waals surface area (Å²) in [6.45, 7) is 7.83. The quantitative estimate of drug-likeness (QED) is 0.496. The van der Waals surface area contributed by atoms with Crippen LogP contribution in [0.1, 0.15) is 60.8 Å². The molecule has 1 aliphatic heterocycles. The van der Waals surface area contributed by atoms with E-state index in [9.17, 15) is 14.6 Å². The van der Waals surface area contributed by atoms with E-state index < -0.39 is 18.5 Å². The predicted octanol–water partition coefficient (Wildman–Crippen LogP) is 3.76. The summed E-state index contributed by atoms with van der Waals surface area (Å²) in [5.41, 5.74) is -1.25. The number of rotatable bonds is 10. The average molecular weight is 441 g/mol. The van der Waals surface area contributed by atoms with Gasteiger partial charge in [-0.15, -0.1) is 0 Å². The SMILES string of the molecule is CC(C)OC[C@@]1(O)C[C@@H](C)C[C@H]1OP(=O)(O)SC[C@H]1O[C@@H](C)C[C@H]1OC(C)C. The molecule has 1 unspecified atom stereocenters. The molecule has 1 aliphatic carbocycles. The van der Waals surface area contributed by atoms with E-state index in [4.69, 9.17) is 18.7 Å². The summed E-state index contributed by atoms with van der Waals surface area (Å²) in [4.78, 5) is 10.4. The van der Waals surface area contributed by atoms with Crippen molar-refractivity contribution < 1.29 is 33.3 Å². The van der Waals surface area contributed by atoms with E-state index in [0.29, 0.717) is 18.6 Å². The first kappa shape index (κ1) is 24.6. The maximum atomic E-state index is 12.7. The van der Waals surface area contributed by atoms with Gasteiger partial charge in [0, 0.05) is 12.2 Å². The fourth-order valence-electron chi connectivity index (χ4n) is 3.93. The van der Waals surface area contributed by atoms with Crippen molar-refractivity contribution in [3.05, 3.63) is 0 Å². The lowest BCUT2D eigenvalue weighted by molar-refractivity contribution is -0.108. The Hall–Kier alpha value is 0.340. The van der Waals surface area contributed by atoms with Crippen molar-refractivity contribution in [2.75, 3.05) is 12.4 Å². The maximum Gasteiger partial charge on any atom is 0.387 e. The second-order valence-corrected chi connectivity index (χ2v) is 12.7. The van der Waals surface area contributed by atoms with E-state index in [0.717, 1.165) is 17.8 Å². The summed E-state index contributed by atoms with van der Waals surface area (Å²) in [5.74, 6) is 0.497. The van der Waals surface area contributed by atoms with Gasteiger partial charge in [0.2, 0.25) is 0 Å². The number of aliphatic hydroxyl groups is 1. The first-order chi connectivity index (χ1) is 12.9. The Kier molecular flexibility index (Phi) is 8.88. The standard InChI is InChI=1S/C19H37O7PS/c1-12(2)23-11-19(20)9-14(5)7-18(19)26-27(21,22)28-10-17-16(24-13(3)4)8-15(6)25-17/h12-18,20H,7-11H2,1-6H3,(H,21,22)/t14-,15-,16+,17+,18+,19-/m0/s1. The molecule has 0 radical (unpaired) electrons. The number of ether oxygens (including phenoxy) is 3. The summed E-state index contributed by atoms with van der Waals surface area (Å²) in [7, 11) is 0. The zero-order valence-electron chi connectivity index (χ0n) is 17.9. The van der Waals surface area contributed by atoms with Crippen LogP contribution in [0, 0.1) is 5.92 Å². The summed E-state index contributed by atoms with van der Waals surface area (Å²) >= 11 is 0.854. The highest BCUT2D eigenvalue weighted by molar-refractivity contribution is 8.54. The van der Waals surface area contributed by atoms with Crippen LogP contribution < -0.4 is 0 Å². The van der Waals surface area contributed by atoms with Crippen LogP contribution in [0.5, 0.6) is 0 Å². The molecule has 0 bridgehead atoms. The van der Waals surface area contributed by atoms with Crippen molar-refractivity contribution in [1.82, 2.24) is 0 Å². The van der Waals surface area contributed by atoms with Crippen molar-refractivity contribution in [1.29, 1.82) is 0 Å². The van der Waals surface area contributed by atoms with Crippen LogP contribution in [0.2, 0.25) is 0 Å². The second-order valence-electron chi connectivity index (χ2n) is 8.81. The van der Waals surface area contributed by atoms with Gasteiger partial charge < -0.3 is 24.2 Å². The molecule has 2 N–H and O–H groups in total. The van der Waals surface area contributed by atoms with Crippen LogP contribution in [0.4, 0.5) is 0 Å². The molecule has 166 valence electrons. The van der Waals surface area contributed by atoms with Gasteiger partial charge >= 0.3 is 6.80 Å². The molecule has 1 saturated carbocycles. The van der Waals surface area contributed by atoms with Gasteiger partial charge in [-0.1, -0.05) is 6.92 Å². The third kappa shape index (κ3) is 7.24. The van der Waals surface area contributed by atoms with Crippen molar-refractivity contribution in [3.63, 3.8) is 0 Å². The fraction of sp³-hybridized carbons (Fsp3) is 1.00. The molecule has 0 amide bonds. The zero-order valence-corrected chi connectivity index (χ0v) is 19.6. The Morgan fingerprint density at radius 2 is 1.89 bits per heavy atom. The molecular formula is C19H37O7PS. The molecule has 7 atom stereocenters. The summed E-state index contributed by atoms with van der Waals surface area (Å²) in [6, 6.07) is 0. The van der Waals surface area contributed by atoms with Crippen LogP contribution in [-0.4, -0.2) is 64.6 Å². The van der Waals surface area contributed by atoms with Crippen LogP contribution in [0.15, 0.2) is 0 Å². The first-order valence-electron chi connectivity index (χ1n) is 10.2. The smallest absolute Gasteiger partial charge is 0.385 e. The van der Waals surface area contributed by atoms with Gasteiger partial charge in [0.25, 0.3) is 0 Å². The zero-order chi connectivity index (χ0) is 21.1. The molecule has 1 heterocycles. The minimum atomic E-state index is -3.96. The Labute approximate surface area is 173 Å². The molecule has 0 aromatic carbocycles. The van der Waals surface area contributed by atoms with Crippen LogP contribution in [0.3, 0.4) is 0 Å². The lowest BCUT2D eigenvalue weighted by Crippen LogP contribution is -2.43. The molecule has 28 heavy (non-hydrogen) atoms.